The van der Waals surface area contributed by atoms with Crippen LogP contribution in [0.5, 0.6) is 0 Å². The minimum Gasteiger partial charge on any atom is -0.0619 e. The Morgan fingerprint density at radius 1 is 0.294 bits per heavy atom. The maximum absolute atomic E-state index is 2.57. The van der Waals surface area contributed by atoms with Crippen molar-refractivity contribution < 1.29 is 0 Å². The van der Waals surface area contributed by atoms with Gasteiger partial charge in [0.2, 0.25) is 0 Å². The van der Waals surface area contributed by atoms with Crippen LogP contribution in [0.15, 0.2) is 194 Å². The molecule has 0 bridgehead atoms. The highest BCUT2D eigenvalue weighted by Crippen LogP contribution is 2.67. The van der Waals surface area contributed by atoms with Gasteiger partial charge in [-0.05, 0) is 167 Å². The van der Waals surface area contributed by atoms with Gasteiger partial charge >= 0.3 is 0 Å². The second-order valence-electron chi connectivity index (χ2n) is 22.4. The Morgan fingerprint density at radius 2 is 0.750 bits per heavy atom. The van der Waals surface area contributed by atoms with E-state index in [1.807, 2.05) is 0 Å². The fourth-order valence-corrected chi connectivity index (χ4v) is 14.1. The first-order chi connectivity index (χ1) is 32.8. The van der Waals surface area contributed by atoms with Crippen LogP contribution in [0, 0.1) is 10.8 Å². The van der Waals surface area contributed by atoms with Crippen molar-refractivity contribution in [2.75, 3.05) is 0 Å². The van der Waals surface area contributed by atoms with Crippen molar-refractivity contribution in [3.63, 3.8) is 0 Å². The Balaban J connectivity index is 0.951. The van der Waals surface area contributed by atoms with Gasteiger partial charge in [0.25, 0.3) is 0 Å². The zero-order chi connectivity index (χ0) is 46.5. The summed E-state index contributed by atoms with van der Waals surface area (Å²) in [6.07, 6.45) is 0. The van der Waals surface area contributed by atoms with Gasteiger partial charge in [0.1, 0.15) is 0 Å². The topological polar surface area (TPSA) is 0 Å². The quantitative estimate of drug-likeness (QED) is 0.123. The molecule has 11 aromatic rings. The van der Waals surface area contributed by atoms with Crippen LogP contribution in [-0.2, 0) is 10.8 Å². The lowest BCUT2D eigenvalue weighted by molar-refractivity contribution is 0.0965. The third-order valence-corrected chi connectivity index (χ3v) is 16.5. The minimum atomic E-state index is -0.260. The number of rotatable bonds is 3. The lowest BCUT2D eigenvalue weighted by atomic mass is 9.49. The summed E-state index contributed by atoms with van der Waals surface area (Å²) in [5.41, 5.74) is 18.3. The molecule has 0 fully saturated rings. The molecule has 0 aromatic heterocycles. The van der Waals surface area contributed by atoms with Crippen LogP contribution in [0.1, 0.15) is 77.6 Å². The molecular weight excluding hydrogens is 817 g/mol. The summed E-state index contributed by atoms with van der Waals surface area (Å²) in [5, 5.41) is 13.1. The van der Waals surface area contributed by atoms with E-state index in [9.17, 15) is 0 Å². The van der Waals surface area contributed by atoms with E-state index in [1.165, 1.54) is 132 Å². The van der Waals surface area contributed by atoms with Crippen molar-refractivity contribution in [1.82, 2.24) is 0 Å². The lowest BCUT2D eigenvalue weighted by Crippen LogP contribution is -2.50. The zero-order valence-electron chi connectivity index (χ0n) is 40.5. The molecule has 0 N–H and O–H groups in total. The summed E-state index contributed by atoms with van der Waals surface area (Å²) in [4.78, 5) is 0. The van der Waals surface area contributed by atoms with Gasteiger partial charge in [-0.3, -0.25) is 0 Å². The molecule has 0 saturated carbocycles. The van der Waals surface area contributed by atoms with E-state index in [4.69, 9.17) is 0 Å². The van der Waals surface area contributed by atoms with Crippen LogP contribution in [0.25, 0.3) is 109 Å². The molecule has 68 heavy (non-hydrogen) atoms. The summed E-state index contributed by atoms with van der Waals surface area (Å²) in [5.74, 6) is 0. The first kappa shape index (κ1) is 41.0. The minimum absolute atomic E-state index is 0.0692. The van der Waals surface area contributed by atoms with Crippen LogP contribution in [0.2, 0.25) is 0 Å². The van der Waals surface area contributed by atoms with Gasteiger partial charge < -0.3 is 0 Å². The van der Waals surface area contributed by atoms with Crippen LogP contribution in [0.3, 0.4) is 0 Å². The van der Waals surface area contributed by atoms with Gasteiger partial charge in [-0.15, -0.1) is 0 Å². The summed E-state index contributed by atoms with van der Waals surface area (Å²) in [6, 6.07) is 74.1. The maximum atomic E-state index is 2.57. The van der Waals surface area contributed by atoms with Gasteiger partial charge in [-0.25, -0.2) is 0 Å². The number of hydrogen-bond acceptors (Lipinski definition) is 0. The number of fused-ring (bicyclic) bond motifs is 14. The van der Waals surface area contributed by atoms with E-state index in [-0.39, 0.29) is 21.7 Å². The summed E-state index contributed by atoms with van der Waals surface area (Å²) >= 11 is 0. The first-order valence-corrected chi connectivity index (χ1v) is 24.6. The summed E-state index contributed by atoms with van der Waals surface area (Å²) < 4.78 is 0. The molecule has 0 unspecified atom stereocenters. The SMILES string of the molecule is CC1(C)c2ccccc2-c2ccc(-c3c4ccccc4c(-c4ccc(-c5ccc6cc7c(cc6c5)C(C(C)(C)C)(C(C)(C)C)c5c-7c6ccccc6c6ccccc56)cc4)c4ccccc34)cc21. The van der Waals surface area contributed by atoms with Crippen LogP contribution in [0.4, 0.5) is 0 Å². The predicted octanol–water partition coefficient (Wildman–Crippen LogP) is 19.1. The summed E-state index contributed by atoms with van der Waals surface area (Å²) in [7, 11) is 0. The highest BCUT2D eigenvalue weighted by Gasteiger charge is 2.58. The van der Waals surface area contributed by atoms with Crippen molar-refractivity contribution in [2.24, 2.45) is 10.8 Å². The average molecular weight is 873 g/mol. The van der Waals surface area contributed by atoms with Gasteiger partial charge in [0.05, 0.1) is 0 Å². The highest BCUT2D eigenvalue weighted by atomic mass is 14.6. The van der Waals surface area contributed by atoms with E-state index in [0.29, 0.717) is 0 Å². The average Bonchev–Trinajstić information content (AvgIpc) is 3.78. The third kappa shape index (κ3) is 5.44. The molecule has 0 saturated heterocycles. The molecule has 0 amide bonds. The Morgan fingerprint density at radius 3 is 1.35 bits per heavy atom. The molecule has 0 heterocycles. The molecule has 0 radical (unpaired) electrons. The normalized spacial score (nSPS) is 14.7. The Labute approximate surface area is 400 Å². The molecule has 0 spiro atoms. The number of benzene rings is 11. The molecule has 0 nitrogen and oxygen atoms in total. The molecule has 328 valence electrons. The first-order valence-electron chi connectivity index (χ1n) is 24.6. The van der Waals surface area contributed by atoms with Gasteiger partial charge in [0, 0.05) is 10.8 Å². The van der Waals surface area contributed by atoms with Crippen molar-refractivity contribution in [3.8, 4) is 55.6 Å². The van der Waals surface area contributed by atoms with Crippen molar-refractivity contribution in [2.45, 2.75) is 66.2 Å². The molecule has 0 aliphatic heterocycles. The van der Waals surface area contributed by atoms with Gasteiger partial charge in [-0.2, -0.15) is 0 Å². The van der Waals surface area contributed by atoms with Crippen molar-refractivity contribution in [1.29, 1.82) is 0 Å². The molecule has 0 heteroatoms. The molecule has 2 aliphatic rings. The third-order valence-electron chi connectivity index (χ3n) is 16.5. The van der Waals surface area contributed by atoms with Crippen LogP contribution >= 0.6 is 0 Å². The molecule has 0 atom stereocenters. The molecule has 11 aromatic carbocycles. The Kier molecular flexibility index (Phi) is 8.51. The smallest absolute Gasteiger partial charge is 0.0318 e. The second-order valence-corrected chi connectivity index (χ2v) is 22.4. The standard InChI is InChI=1S/C68H56/c1-65(2,3)68(66(4,5)6)60-40-46-37-43(33-34-44(46)38-57(60)63-51-22-11-9-19-47(51)48-20-10-16-27-56(48)64(63)68)41-29-31-42(32-30-41)61-52-23-12-14-25-54(52)62(55-26-15-13-24-53(55)61)45-35-36-50-49-21-17-18-28-58(49)67(7,8)59(50)39-45/h9-40H,1-8H3. The molecule has 2 aliphatic carbocycles. The molecule has 13 rings (SSSR count). The maximum Gasteiger partial charge on any atom is 0.0318 e. The zero-order valence-corrected chi connectivity index (χ0v) is 40.5. The monoisotopic (exact) mass is 872 g/mol. The Hall–Kier alpha value is -7.28. The van der Waals surface area contributed by atoms with Crippen molar-refractivity contribution in [3.05, 3.63) is 216 Å². The lowest BCUT2D eigenvalue weighted by Gasteiger charge is -2.53. The largest absolute Gasteiger partial charge is 0.0619 e. The van der Waals surface area contributed by atoms with E-state index in [2.05, 4.69) is 250 Å². The van der Waals surface area contributed by atoms with Gasteiger partial charge in [0.15, 0.2) is 0 Å². The van der Waals surface area contributed by atoms with Crippen LogP contribution < -0.4 is 0 Å². The summed E-state index contributed by atoms with van der Waals surface area (Å²) in [6.45, 7) is 19.6. The molecular formula is C68H56. The van der Waals surface area contributed by atoms with Gasteiger partial charge in [-0.1, -0.05) is 225 Å². The van der Waals surface area contributed by atoms with Crippen LogP contribution in [-0.4, -0.2) is 0 Å². The Bertz CT molecular complexity index is 3860. The predicted molar refractivity (Wildman–Crippen MR) is 293 cm³/mol. The van der Waals surface area contributed by atoms with E-state index < -0.39 is 0 Å². The van der Waals surface area contributed by atoms with Crippen molar-refractivity contribution >= 4 is 53.9 Å². The highest BCUT2D eigenvalue weighted by molar-refractivity contribution is 6.22. The fraction of sp³-hybridized carbons (Fsp3) is 0.176. The second kappa shape index (κ2) is 14.1. The van der Waals surface area contributed by atoms with E-state index in [1.54, 1.807) is 0 Å². The van der Waals surface area contributed by atoms with E-state index in [0.717, 1.165) is 0 Å². The fourth-order valence-electron chi connectivity index (χ4n) is 14.1. The van der Waals surface area contributed by atoms with E-state index >= 15 is 0 Å². The number of hydrogen-bond donors (Lipinski definition) is 0.